The van der Waals surface area contributed by atoms with E-state index in [1.807, 2.05) is 26.0 Å². The van der Waals surface area contributed by atoms with Crippen molar-refractivity contribution in [1.82, 2.24) is 14.9 Å². The lowest BCUT2D eigenvalue weighted by atomic mass is 10.0. The molecule has 0 bridgehead atoms. The number of esters is 2. The minimum absolute atomic E-state index is 0. The van der Waals surface area contributed by atoms with Crippen LogP contribution in [0.4, 0.5) is 10.0 Å². The second-order valence-corrected chi connectivity index (χ2v) is 19.8. The number of nitrogens with one attached hydrogen (secondary N) is 2. The average Bonchev–Trinajstić information content (AvgIpc) is 3.99. The number of amides is 1. The quantitative estimate of drug-likeness (QED) is 0.127. The largest absolute Gasteiger partial charge is 1.00 e. The van der Waals surface area contributed by atoms with Crippen molar-refractivity contribution in [3.8, 4) is 21.1 Å². The summed E-state index contributed by atoms with van der Waals surface area (Å²) in [6.07, 6.45) is 2.14. The van der Waals surface area contributed by atoms with Gasteiger partial charge in [-0.05, 0) is 55.3 Å². The van der Waals surface area contributed by atoms with Crippen molar-refractivity contribution in [2.24, 2.45) is 17.8 Å². The highest BCUT2D eigenvalue weighted by Crippen LogP contribution is 2.45. The number of nitrogens with zero attached hydrogens (tertiary/aromatic N) is 3. The van der Waals surface area contributed by atoms with Gasteiger partial charge in [0.25, 0.3) is 0 Å². The van der Waals surface area contributed by atoms with Gasteiger partial charge in [0, 0.05) is 41.4 Å². The first-order chi connectivity index (χ1) is 27.8. The molecule has 10 nitrogen and oxygen atoms in total. The number of nitrogens with two attached hydrogens (primary N) is 1. The topological polar surface area (TPSA) is 132 Å². The maximum absolute atomic E-state index is 12.4. The number of hydrogen-bond acceptors (Lipinski definition) is 12. The molecule has 0 saturated carbocycles. The molecule has 0 radical (unpaired) electrons. The summed E-state index contributed by atoms with van der Waals surface area (Å²) in [7, 11) is 0. The molecule has 2 aromatic carbocycles. The van der Waals surface area contributed by atoms with Crippen molar-refractivity contribution in [3.63, 3.8) is 0 Å². The molecule has 0 spiro atoms. The molecule has 4 aromatic heterocycles. The minimum atomic E-state index is -0.455. The van der Waals surface area contributed by atoms with Gasteiger partial charge in [0.15, 0.2) is 0 Å². The summed E-state index contributed by atoms with van der Waals surface area (Å²) in [5, 5.41) is 7.19. The van der Waals surface area contributed by atoms with E-state index in [2.05, 4.69) is 65.2 Å². The van der Waals surface area contributed by atoms with Crippen LogP contribution in [0, 0.1) is 17.8 Å². The smallest absolute Gasteiger partial charge is 0.316 e. The monoisotopic (exact) mass is 894 g/mol. The van der Waals surface area contributed by atoms with Gasteiger partial charge >= 0.3 is 11.9 Å². The molecular weight excluding hydrogens is 840 g/mol. The predicted molar refractivity (Wildman–Crippen MR) is 243 cm³/mol. The number of ether oxygens (including phenoxy) is 1. The molecule has 6 aromatic rings. The predicted octanol–water partition coefficient (Wildman–Crippen LogP) is 5.94. The molecule has 0 aliphatic carbocycles. The maximum atomic E-state index is 12.4. The molecule has 6 heterocycles. The van der Waals surface area contributed by atoms with E-state index in [1.165, 1.54) is 35.8 Å². The van der Waals surface area contributed by atoms with Gasteiger partial charge in [0.1, 0.15) is 21.6 Å². The van der Waals surface area contributed by atoms with E-state index in [-0.39, 0.29) is 36.1 Å². The molecule has 2 aliphatic heterocycles. The molecule has 15 heteroatoms. The Bertz CT molecular complexity index is 2310. The van der Waals surface area contributed by atoms with Crippen molar-refractivity contribution < 1.29 is 36.4 Å². The Morgan fingerprint density at radius 2 is 1.34 bits per heavy atom. The molecule has 0 saturated heterocycles. The molecule has 2 aliphatic rings. The number of fused-ring (bicyclic) bond motifs is 4. The van der Waals surface area contributed by atoms with Crippen LogP contribution in [0.2, 0.25) is 0 Å². The number of thiophene rings is 2. The second-order valence-electron chi connectivity index (χ2n) is 15.5. The van der Waals surface area contributed by atoms with E-state index >= 15 is 0 Å². The average molecular weight is 896 g/mol. The number of likely N-dealkylation sites (N-methyl/N-ethyl adjacent to an activating group) is 2. The number of para-hydroxylation sites is 2. The van der Waals surface area contributed by atoms with Crippen molar-refractivity contribution in [2.75, 3.05) is 37.2 Å². The normalized spacial score (nSPS) is 14.9. The van der Waals surface area contributed by atoms with Gasteiger partial charge < -0.3 is 33.1 Å². The lowest BCUT2D eigenvalue weighted by Gasteiger charge is -2.25. The molecule has 1 atom stereocenters. The van der Waals surface area contributed by atoms with Crippen molar-refractivity contribution in [2.45, 2.75) is 81.3 Å². The number of aromatic nitrogens is 2. The fourth-order valence-electron chi connectivity index (χ4n) is 6.68. The van der Waals surface area contributed by atoms with Crippen molar-refractivity contribution in [3.05, 3.63) is 69.4 Å². The van der Waals surface area contributed by atoms with E-state index < -0.39 is 11.9 Å². The fourth-order valence-corrected chi connectivity index (χ4v) is 11.4. The number of hydrogen-bond donors (Lipinski definition) is 3. The highest BCUT2D eigenvalue weighted by Gasteiger charge is 2.30. The summed E-state index contributed by atoms with van der Waals surface area (Å²) < 4.78 is 6.92. The summed E-state index contributed by atoms with van der Waals surface area (Å²) >= 11 is 6.96. The van der Waals surface area contributed by atoms with Crippen LogP contribution in [-0.4, -0.2) is 58.9 Å². The lowest BCUT2D eigenvalue weighted by molar-refractivity contribution is -0.913. The van der Waals surface area contributed by atoms with Crippen molar-refractivity contribution in [1.29, 1.82) is 0 Å². The number of nitrogen functional groups attached to an aromatic ring is 1. The van der Waals surface area contributed by atoms with Crippen LogP contribution in [0.3, 0.4) is 0 Å². The molecule has 4 N–H and O–H groups in total. The first kappa shape index (κ1) is 46.3. The first-order valence-electron chi connectivity index (χ1n) is 20.2. The number of quaternary nitrogens is 1. The highest BCUT2D eigenvalue weighted by molar-refractivity contribution is 7.23. The zero-order valence-corrected chi connectivity index (χ0v) is 39.1. The summed E-state index contributed by atoms with van der Waals surface area (Å²) in [4.78, 5) is 50.6. The Morgan fingerprint density at radius 3 is 1.86 bits per heavy atom. The summed E-state index contributed by atoms with van der Waals surface area (Å²) in [6, 6.07) is 16.6. The highest BCUT2D eigenvalue weighted by atomic mass is 35.5. The summed E-state index contributed by atoms with van der Waals surface area (Å²) in [6.45, 7) is 21.7. The van der Waals surface area contributed by atoms with Crippen LogP contribution in [0.25, 0.3) is 41.6 Å². The molecule has 59 heavy (non-hydrogen) atoms. The van der Waals surface area contributed by atoms with Gasteiger partial charge in [-0.3, -0.25) is 19.3 Å². The number of rotatable bonds is 8. The molecule has 8 rings (SSSR count). The van der Waals surface area contributed by atoms with Gasteiger partial charge in [-0.15, -0.1) is 45.3 Å². The standard InChI is InChI=1S/C20H23N3OS2.C16H17N3S2.C8H14O3.ClH/c1-4-23-10-9-13-16(11-23)26-20(22-18(24)12(2)3)17(13)19-21-14-7-5-6-8-15(14)25-19;1-2-19-8-7-10-13(9-19)20-15(17)14(10)16-18-11-5-3-4-6-12(11)21-16;1-5(2)7(9)11-8(10)6(3)4;/h5-8,12H,4,9-11H2,1-3H3,(H,22,24);3-6H,2,7-9,17H2,1H3;5-6H,1-4H3;1H. The number of thiazole rings is 2. The third-order valence-corrected chi connectivity index (χ3v) is 14.6. The molecule has 316 valence electrons. The Balaban J connectivity index is 0.000000180. The molecule has 1 unspecified atom stereocenters. The molecular formula is C44H55ClN6O4S4. The van der Waals surface area contributed by atoms with E-state index in [0.717, 1.165) is 88.7 Å². The summed E-state index contributed by atoms with van der Waals surface area (Å²) in [5.74, 6) is -1.34. The molecule has 0 fully saturated rings. The fraction of sp³-hybridized carbons (Fsp3) is 0.432. The zero-order chi connectivity index (χ0) is 41.7. The van der Waals surface area contributed by atoms with Crippen LogP contribution in [0.1, 0.15) is 76.3 Å². The Kier molecular flexibility index (Phi) is 16.2. The van der Waals surface area contributed by atoms with Crippen molar-refractivity contribution >= 4 is 93.6 Å². The van der Waals surface area contributed by atoms with Crippen LogP contribution in [0.5, 0.6) is 0 Å². The van der Waals surface area contributed by atoms with Gasteiger partial charge in [-0.1, -0.05) is 72.7 Å². The Labute approximate surface area is 369 Å². The van der Waals surface area contributed by atoms with E-state index in [4.69, 9.17) is 15.7 Å². The Hall–Kier alpha value is -3.76. The van der Waals surface area contributed by atoms with E-state index in [1.54, 1.807) is 77.9 Å². The van der Waals surface area contributed by atoms with Crippen LogP contribution in [0.15, 0.2) is 48.5 Å². The number of anilines is 2. The number of benzene rings is 2. The van der Waals surface area contributed by atoms with E-state index in [0.29, 0.717) is 0 Å². The van der Waals surface area contributed by atoms with Crippen LogP contribution < -0.4 is 28.4 Å². The third kappa shape index (κ3) is 11.0. The number of halogens is 1. The molecule has 1 amide bonds. The minimum Gasteiger partial charge on any atom is -1.00 e. The lowest BCUT2D eigenvalue weighted by Crippen LogP contribution is -3.11. The van der Waals surface area contributed by atoms with Gasteiger partial charge in [0.05, 0.1) is 55.2 Å². The van der Waals surface area contributed by atoms with Gasteiger partial charge in [-0.2, -0.15) is 0 Å². The van der Waals surface area contributed by atoms with Crippen LogP contribution in [-0.2, 0) is 45.1 Å². The van der Waals surface area contributed by atoms with Gasteiger partial charge in [0.2, 0.25) is 5.91 Å². The number of carbonyl (C=O) groups is 3. The SMILES string of the molecule is CC(C)C(=O)OC(=O)C(C)C.CCN1CCc2c(sc(N)c2-c2nc3ccccc3s2)C1.CC[NH+]1CCc2c(sc(NC(=O)C(C)C)c2-c2nc3ccccc3s2)C1.[Cl-]. The van der Waals surface area contributed by atoms with Gasteiger partial charge in [-0.25, -0.2) is 9.97 Å². The number of carbonyl (C=O) groups excluding carboxylic acids is 3. The zero-order valence-electron chi connectivity index (χ0n) is 35.1. The second kappa shape index (κ2) is 20.7. The van der Waals surface area contributed by atoms with E-state index in [9.17, 15) is 14.4 Å². The third-order valence-electron chi connectivity index (χ3n) is 10.3. The van der Waals surface area contributed by atoms with Crippen LogP contribution >= 0.6 is 45.3 Å². The maximum Gasteiger partial charge on any atom is 0.316 e. The Morgan fingerprint density at radius 1 is 0.780 bits per heavy atom. The first-order valence-corrected chi connectivity index (χ1v) is 23.4. The summed E-state index contributed by atoms with van der Waals surface area (Å²) in [5.41, 5.74) is 13.6.